The number of hydrogen-bond acceptors (Lipinski definition) is 7. The Morgan fingerprint density at radius 1 is 1.23 bits per heavy atom. The highest BCUT2D eigenvalue weighted by molar-refractivity contribution is 8.24. The van der Waals surface area contributed by atoms with Gasteiger partial charge in [0.15, 0.2) is 0 Å². The van der Waals surface area contributed by atoms with Gasteiger partial charge in [0.25, 0.3) is 0 Å². The summed E-state index contributed by atoms with van der Waals surface area (Å²) in [5.74, 6) is 0.642. The van der Waals surface area contributed by atoms with Crippen molar-refractivity contribution in [2.24, 2.45) is 5.41 Å². The van der Waals surface area contributed by atoms with E-state index in [2.05, 4.69) is 36.9 Å². The number of para-hydroxylation sites is 1. The molecule has 0 amide bonds. The molecule has 1 heterocycles. The van der Waals surface area contributed by atoms with E-state index >= 15 is 0 Å². The van der Waals surface area contributed by atoms with Gasteiger partial charge in [-0.25, -0.2) is 0 Å². The van der Waals surface area contributed by atoms with Crippen LogP contribution in [0.15, 0.2) is 52.3 Å². The van der Waals surface area contributed by atoms with Crippen molar-refractivity contribution in [1.82, 2.24) is 0 Å². The van der Waals surface area contributed by atoms with Gasteiger partial charge in [-0.1, -0.05) is 44.9 Å². The molecule has 194 valence electrons. The second-order valence-corrected chi connectivity index (χ2v) is 14.6. The molecule has 35 heavy (non-hydrogen) atoms. The van der Waals surface area contributed by atoms with Crippen molar-refractivity contribution in [3.05, 3.63) is 48.0 Å². The van der Waals surface area contributed by atoms with Gasteiger partial charge in [-0.3, -0.25) is 13.9 Å². The van der Waals surface area contributed by atoms with Crippen LogP contribution in [0, 0.1) is 5.41 Å². The molecule has 1 aliphatic heterocycles. The Hall–Kier alpha value is -1.32. The fourth-order valence-corrected chi connectivity index (χ4v) is 8.47. The average Bonchev–Trinajstić information content (AvgIpc) is 2.92. The largest absolute Gasteiger partial charge is 0.468 e. The number of methoxy groups -OCH3 is 1. The maximum absolute atomic E-state index is 12.2. The molecule has 0 saturated heterocycles. The quantitative estimate of drug-likeness (QED) is 0.248. The van der Waals surface area contributed by atoms with Gasteiger partial charge in [-0.05, 0) is 56.4 Å². The normalized spacial score (nSPS) is 20.6. The molecule has 0 bridgehead atoms. The number of ether oxygens (including phenoxy) is 1. The molecular formula is C27H39NO4S3. The Bertz CT molecular complexity index is 1030. The molecule has 1 atom stereocenters. The van der Waals surface area contributed by atoms with Gasteiger partial charge in [-0.2, -0.15) is 10.6 Å². The summed E-state index contributed by atoms with van der Waals surface area (Å²) in [6, 6.07) is 14.3. The molecule has 0 aromatic heterocycles. The van der Waals surface area contributed by atoms with Crippen LogP contribution in [0.4, 0.5) is 11.4 Å². The number of hydrogen-bond donors (Lipinski definition) is 2. The van der Waals surface area contributed by atoms with Crippen molar-refractivity contribution in [2.45, 2.75) is 67.2 Å². The lowest BCUT2D eigenvalue weighted by atomic mass is 9.86. The van der Waals surface area contributed by atoms with E-state index in [0.29, 0.717) is 16.4 Å². The van der Waals surface area contributed by atoms with Crippen molar-refractivity contribution in [1.29, 1.82) is 0 Å². The second-order valence-electron chi connectivity index (χ2n) is 10.1. The van der Waals surface area contributed by atoms with E-state index < -0.39 is 15.3 Å². The van der Waals surface area contributed by atoms with E-state index in [0.717, 1.165) is 47.6 Å². The standard InChI is InChI=1S/C27H39NO4S3/c1-7-8-14-27(4)18-28(21-12-10-9-11-13-21)22-16-23(33-6)20(15-24(22)35(30,31)19-27)17-34-26(2,3)25(29)32-5/h9-13,15-16,30-31H,7-8,14,17-19H2,1-6H3. The third-order valence-corrected chi connectivity index (χ3v) is 10.9. The molecule has 2 aromatic carbocycles. The van der Waals surface area contributed by atoms with Gasteiger partial charge in [0.2, 0.25) is 0 Å². The lowest BCUT2D eigenvalue weighted by Gasteiger charge is -2.39. The smallest absolute Gasteiger partial charge is 0.321 e. The molecule has 3 rings (SSSR count). The van der Waals surface area contributed by atoms with Crippen LogP contribution in [0.25, 0.3) is 0 Å². The molecule has 0 radical (unpaired) electrons. The van der Waals surface area contributed by atoms with Crippen LogP contribution in [-0.4, -0.2) is 45.5 Å². The molecule has 2 aromatic rings. The van der Waals surface area contributed by atoms with Crippen LogP contribution in [0.5, 0.6) is 0 Å². The van der Waals surface area contributed by atoms with Gasteiger partial charge in [0, 0.05) is 34.0 Å². The fourth-order valence-electron chi connectivity index (χ4n) is 4.60. The Balaban J connectivity index is 2.12. The minimum atomic E-state index is -3.03. The average molecular weight is 538 g/mol. The first-order chi connectivity index (χ1) is 16.5. The topological polar surface area (TPSA) is 70.0 Å². The summed E-state index contributed by atoms with van der Waals surface area (Å²) in [6.07, 6.45) is 5.09. The zero-order chi connectivity index (χ0) is 25.9. The third kappa shape index (κ3) is 6.52. The highest BCUT2D eigenvalue weighted by Crippen LogP contribution is 2.60. The highest BCUT2D eigenvalue weighted by Gasteiger charge is 2.40. The number of carbonyl (C=O) groups excluding carboxylic acids is 1. The first-order valence-electron chi connectivity index (χ1n) is 12.0. The monoisotopic (exact) mass is 537 g/mol. The Morgan fingerprint density at radius 3 is 2.51 bits per heavy atom. The lowest BCUT2D eigenvalue weighted by molar-refractivity contribution is -0.142. The van der Waals surface area contributed by atoms with Gasteiger partial charge in [0.05, 0.1) is 17.7 Å². The predicted molar refractivity (Wildman–Crippen MR) is 153 cm³/mol. The van der Waals surface area contributed by atoms with E-state index in [9.17, 15) is 13.9 Å². The van der Waals surface area contributed by atoms with E-state index in [4.69, 9.17) is 4.74 Å². The fraction of sp³-hybridized carbons (Fsp3) is 0.519. The second kappa shape index (κ2) is 11.4. The molecule has 0 fully saturated rings. The number of anilines is 2. The van der Waals surface area contributed by atoms with Crippen LogP contribution in [-0.2, 0) is 15.3 Å². The summed E-state index contributed by atoms with van der Waals surface area (Å²) in [5, 5.41) is 0. The van der Waals surface area contributed by atoms with Crippen molar-refractivity contribution in [3.63, 3.8) is 0 Å². The number of benzene rings is 2. The molecule has 5 nitrogen and oxygen atoms in total. The highest BCUT2D eigenvalue weighted by atomic mass is 32.3. The Morgan fingerprint density at radius 2 is 1.91 bits per heavy atom. The van der Waals surface area contributed by atoms with Crippen LogP contribution in [0.1, 0.15) is 52.5 Å². The molecule has 8 heteroatoms. The summed E-state index contributed by atoms with van der Waals surface area (Å²) in [6.45, 7) is 8.79. The SMILES string of the molecule is CCCCC1(C)CN(c2ccccc2)c2cc(SC)c(CSC(C)(C)C(=O)OC)cc2S(O)(O)C1. The molecule has 0 spiro atoms. The van der Waals surface area contributed by atoms with E-state index in [-0.39, 0.29) is 11.4 Å². The molecule has 0 aliphatic carbocycles. The minimum absolute atomic E-state index is 0.245. The number of fused-ring (bicyclic) bond motifs is 1. The van der Waals surface area contributed by atoms with Crippen molar-refractivity contribution in [2.75, 3.05) is 30.6 Å². The summed E-state index contributed by atoms with van der Waals surface area (Å²) >= 11 is 3.14. The zero-order valence-corrected chi connectivity index (χ0v) is 24.1. The third-order valence-electron chi connectivity index (χ3n) is 6.56. The number of nitrogens with zero attached hydrogens (tertiary/aromatic N) is 1. The van der Waals surface area contributed by atoms with Crippen molar-refractivity contribution < 1.29 is 18.6 Å². The van der Waals surface area contributed by atoms with E-state index in [1.807, 2.05) is 44.4 Å². The zero-order valence-electron chi connectivity index (χ0n) is 21.7. The number of carbonyl (C=O) groups is 1. The molecule has 1 unspecified atom stereocenters. The summed E-state index contributed by atoms with van der Waals surface area (Å²) in [5.41, 5.74) is 2.67. The van der Waals surface area contributed by atoms with Crippen molar-refractivity contribution in [3.8, 4) is 0 Å². The number of esters is 1. The first-order valence-corrected chi connectivity index (χ1v) is 15.9. The van der Waals surface area contributed by atoms with Crippen LogP contribution >= 0.6 is 34.1 Å². The van der Waals surface area contributed by atoms with Crippen LogP contribution in [0.2, 0.25) is 0 Å². The maximum atomic E-state index is 12.2. The van der Waals surface area contributed by atoms with E-state index in [1.165, 1.54) is 18.9 Å². The molecule has 0 saturated carbocycles. The van der Waals surface area contributed by atoms with Crippen molar-refractivity contribution >= 4 is 51.5 Å². The van der Waals surface area contributed by atoms with E-state index in [1.54, 1.807) is 11.8 Å². The van der Waals surface area contributed by atoms with Crippen LogP contribution < -0.4 is 4.90 Å². The Kier molecular flexibility index (Phi) is 9.19. The van der Waals surface area contributed by atoms with Gasteiger partial charge >= 0.3 is 5.97 Å². The summed E-state index contributed by atoms with van der Waals surface area (Å²) in [7, 11) is -1.63. The van der Waals surface area contributed by atoms with Gasteiger partial charge in [0.1, 0.15) is 4.75 Å². The first kappa shape index (κ1) is 28.3. The molecule has 2 N–H and O–H groups in total. The summed E-state index contributed by atoms with van der Waals surface area (Å²) < 4.78 is 27.4. The minimum Gasteiger partial charge on any atom is -0.468 e. The summed E-state index contributed by atoms with van der Waals surface area (Å²) in [4.78, 5) is 16.2. The maximum Gasteiger partial charge on any atom is 0.321 e. The molecular weight excluding hydrogens is 499 g/mol. The van der Waals surface area contributed by atoms with Crippen LogP contribution in [0.3, 0.4) is 0 Å². The Labute approximate surface area is 220 Å². The molecule has 1 aliphatic rings. The predicted octanol–water partition coefficient (Wildman–Crippen LogP) is 8.05. The number of unbranched alkanes of at least 4 members (excludes halogenated alkanes) is 1. The van der Waals surface area contributed by atoms with Gasteiger partial charge in [-0.15, -0.1) is 23.5 Å². The number of rotatable bonds is 9. The lowest BCUT2D eigenvalue weighted by Crippen LogP contribution is -2.35. The number of thioether (sulfide) groups is 2. The van der Waals surface area contributed by atoms with Gasteiger partial charge < -0.3 is 9.64 Å².